The van der Waals surface area contributed by atoms with Crippen molar-refractivity contribution in [3.8, 4) is 0 Å². The van der Waals surface area contributed by atoms with Gasteiger partial charge in [0.05, 0.1) is 5.92 Å². The van der Waals surface area contributed by atoms with Crippen molar-refractivity contribution in [3.63, 3.8) is 0 Å². The number of hydrogen-bond acceptors (Lipinski definition) is 1. The van der Waals surface area contributed by atoms with Crippen molar-refractivity contribution in [3.05, 3.63) is 47.5 Å². The topological polar surface area (TPSA) is 43.1 Å². The molecule has 82 valence electrons. The highest BCUT2D eigenvalue weighted by Gasteiger charge is 2.27. The van der Waals surface area contributed by atoms with Crippen molar-refractivity contribution < 1.29 is 4.79 Å². The average molecular weight is 234 g/mol. The Morgan fingerprint density at radius 1 is 1.19 bits per heavy atom. The predicted octanol–water partition coefficient (Wildman–Crippen LogP) is 2.39. The number of benzene rings is 2. The van der Waals surface area contributed by atoms with Gasteiger partial charge in [0, 0.05) is 0 Å². The van der Waals surface area contributed by atoms with E-state index >= 15 is 0 Å². The fraction of sp³-hybridized carbons (Fsp3) is 0.154. The van der Waals surface area contributed by atoms with Crippen LogP contribution in [0.25, 0.3) is 10.8 Å². The van der Waals surface area contributed by atoms with Gasteiger partial charge in [-0.25, -0.2) is 0 Å². The van der Waals surface area contributed by atoms with Crippen LogP contribution in [0.3, 0.4) is 0 Å². The summed E-state index contributed by atoms with van der Waals surface area (Å²) in [6.45, 7) is 0. The second kappa shape index (κ2) is 3.80. The molecule has 1 unspecified atom stereocenters. The zero-order valence-electron chi connectivity index (χ0n) is 8.64. The molecular weight excluding hydrogens is 222 g/mol. The molecule has 1 aliphatic rings. The minimum absolute atomic E-state index is 0. The molecule has 0 heterocycles. The SMILES string of the molecule is Cl.NC(=O)C1Cc2cccc3cccc1c23. The molecule has 2 N–H and O–H groups in total. The summed E-state index contributed by atoms with van der Waals surface area (Å²) in [6, 6.07) is 12.3. The third kappa shape index (κ3) is 1.38. The van der Waals surface area contributed by atoms with Gasteiger partial charge in [0.2, 0.25) is 5.91 Å². The first-order chi connectivity index (χ1) is 7.27. The van der Waals surface area contributed by atoms with Gasteiger partial charge in [-0.3, -0.25) is 4.79 Å². The second-order valence-electron chi connectivity index (χ2n) is 4.02. The Balaban J connectivity index is 0.000000963. The fourth-order valence-corrected chi connectivity index (χ4v) is 2.49. The summed E-state index contributed by atoms with van der Waals surface area (Å²) in [5.74, 6) is -0.357. The second-order valence-corrected chi connectivity index (χ2v) is 4.02. The Morgan fingerprint density at radius 3 is 2.56 bits per heavy atom. The lowest BCUT2D eigenvalue weighted by Gasteiger charge is -2.05. The molecular formula is C13H12ClNO. The number of carbonyl (C=O) groups is 1. The van der Waals surface area contributed by atoms with E-state index < -0.39 is 0 Å². The van der Waals surface area contributed by atoms with Crippen LogP contribution in [-0.2, 0) is 11.2 Å². The van der Waals surface area contributed by atoms with Crippen molar-refractivity contribution in [2.75, 3.05) is 0 Å². The maximum Gasteiger partial charge on any atom is 0.225 e. The normalized spacial score (nSPS) is 17.1. The molecule has 16 heavy (non-hydrogen) atoms. The number of amides is 1. The summed E-state index contributed by atoms with van der Waals surface area (Å²) >= 11 is 0. The summed E-state index contributed by atoms with van der Waals surface area (Å²) in [7, 11) is 0. The van der Waals surface area contributed by atoms with Gasteiger partial charge in [0.15, 0.2) is 0 Å². The Labute approximate surface area is 99.9 Å². The van der Waals surface area contributed by atoms with Crippen LogP contribution in [0.2, 0.25) is 0 Å². The van der Waals surface area contributed by atoms with E-state index in [1.807, 2.05) is 18.2 Å². The van der Waals surface area contributed by atoms with Crippen molar-refractivity contribution in [2.45, 2.75) is 12.3 Å². The van der Waals surface area contributed by atoms with Crippen molar-refractivity contribution in [1.82, 2.24) is 0 Å². The molecule has 2 aromatic carbocycles. The minimum Gasteiger partial charge on any atom is -0.369 e. The molecule has 0 saturated heterocycles. The summed E-state index contributed by atoms with van der Waals surface area (Å²) in [6.07, 6.45) is 0.756. The molecule has 2 nitrogen and oxygen atoms in total. The van der Waals surface area contributed by atoms with Gasteiger partial charge in [-0.15, -0.1) is 12.4 Å². The van der Waals surface area contributed by atoms with Crippen LogP contribution < -0.4 is 5.73 Å². The summed E-state index contributed by atoms with van der Waals surface area (Å²) in [5.41, 5.74) is 7.75. The molecule has 0 fully saturated rings. The van der Waals surface area contributed by atoms with Crippen LogP contribution in [0.4, 0.5) is 0 Å². The van der Waals surface area contributed by atoms with Gasteiger partial charge < -0.3 is 5.73 Å². The molecule has 0 saturated carbocycles. The average Bonchev–Trinajstić information content (AvgIpc) is 2.61. The molecule has 0 spiro atoms. The molecule has 1 amide bonds. The Bertz CT molecular complexity index is 560. The third-order valence-electron chi connectivity index (χ3n) is 3.17. The van der Waals surface area contributed by atoms with Gasteiger partial charge in [-0.05, 0) is 28.3 Å². The molecule has 1 atom stereocenters. The van der Waals surface area contributed by atoms with Crippen LogP contribution in [0, 0.1) is 0 Å². The fourth-order valence-electron chi connectivity index (χ4n) is 2.49. The highest BCUT2D eigenvalue weighted by molar-refractivity contribution is 5.97. The lowest BCUT2D eigenvalue weighted by Crippen LogP contribution is -2.20. The van der Waals surface area contributed by atoms with Gasteiger partial charge in [0.25, 0.3) is 0 Å². The largest absolute Gasteiger partial charge is 0.369 e. The van der Waals surface area contributed by atoms with E-state index in [1.54, 1.807) is 0 Å². The van der Waals surface area contributed by atoms with Crippen LogP contribution in [-0.4, -0.2) is 5.91 Å². The molecule has 2 aromatic rings. The summed E-state index contributed by atoms with van der Waals surface area (Å²) in [4.78, 5) is 11.3. The van der Waals surface area contributed by atoms with Crippen molar-refractivity contribution >= 4 is 29.1 Å². The number of primary amides is 1. The number of hydrogen-bond donors (Lipinski definition) is 1. The first-order valence-electron chi connectivity index (χ1n) is 5.07. The molecule has 1 aliphatic carbocycles. The van der Waals surface area contributed by atoms with Crippen molar-refractivity contribution in [1.29, 1.82) is 0 Å². The van der Waals surface area contributed by atoms with Crippen LogP contribution in [0.15, 0.2) is 36.4 Å². The van der Waals surface area contributed by atoms with E-state index in [1.165, 1.54) is 16.3 Å². The lowest BCUT2D eigenvalue weighted by molar-refractivity contribution is -0.119. The number of nitrogens with two attached hydrogens (primary N) is 1. The Morgan fingerprint density at radius 2 is 1.88 bits per heavy atom. The van der Waals surface area contributed by atoms with E-state index in [9.17, 15) is 4.79 Å². The number of halogens is 1. The Hall–Kier alpha value is -1.54. The maximum absolute atomic E-state index is 11.3. The van der Waals surface area contributed by atoms with E-state index in [0.29, 0.717) is 0 Å². The van der Waals surface area contributed by atoms with Gasteiger partial charge in [-0.1, -0.05) is 36.4 Å². The molecule has 3 heteroatoms. The van der Waals surface area contributed by atoms with Crippen LogP contribution in [0.5, 0.6) is 0 Å². The molecule has 0 bridgehead atoms. The van der Waals surface area contributed by atoms with E-state index in [-0.39, 0.29) is 24.2 Å². The minimum atomic E-state index is -0.223. The molecule has 0 aliphatic heterocycles. The first-order valence-corrected chi connectivity index (χ1v) is 5.07. The zero-order valence-corrected chi connectivity index (χ0v) is 9.46. The van der Waals surface area contributed by atoms with E-state index in [2.05, 4.69) is 18.2 Å². The maximum atomic E-state index is 11.3. The monoisotopic (exact) mass is 233 g/mol. The standard InChI is InChI=1S/C13H11NO.ClH/c14-13(15)11-7-9-5-1-3-8-4-2-6-10(11)12(8)9;/h1-6,11H,7H2,(H2,14,15);1H. The molecule has 0 radical (unpaired) electrons. The predicted molar refractivity (Wildman–Crippen MR) is 66.8 cm³/mol. The zero-order chi connectivity index (χ0) is 10.4. The lowest BCUT2D eigenvalue weighted by atomic mass is 10.00. The summed E-state index contributed by atoms with van der Waals surface area (Å²) in [5, 5.41) is 2.43. The molecule has 3 rings (SSSR count). The molecule has 0 aromatic heterocycles. The first kappa shape index (κ1) is 11.0. The smallest absolute Gasteiger partial charge is 0.225 e. The highest BCUT2D eigenvalue weighted by Crippen LogP contribution is 2.37. The highest BCUT2D eigenvalue weighted by atomic mass is 35.5. The van der Waals surface area contributed by atoms with Crippen LogP contribution >= 0.6 is 12.4 Å². The quantitative estimate of drug-likeness (QED) is 0.808. The number of rotatable bonds is 1. The van der Waals surface area contributed by atoms with Gasteiger partial charge in [0.1, 0.15) is 0 Å². The van der Waals surface area contributed by atoms with Gasteiger partial charge >= 0.3 is 0 Å². The van der Waals surface area contributed by atoms with E-state index in [0.717, 1.165) is 12.0 Å². The van der Waals surface area contributed by atoms with Crippen molar-refractivity contribution in [2.24, 2.45) is 5.73 Å². The summed E-state index contributed by atoms with van der Waals surface area (Å²) < 4.78 is 0. The number of carbonyl (C=O) groups excluding carboxylic acids is 1. The van der Waals surface area contributed by atoms with E-state index in [4.69, 9.17) is 5.73 Å². The Kier molecular flexibility index (Phi) is 2.60. The van der Waals surface area contributed by atoms with Crippen LogP contribution in [0.1, 0.15) is 17.0 Å². The van der Waals surface area contributed by atoms with Gasteiger partial charge in [-0.2, -0.15) is 0 Å². The third-order valence-corrected chi connectivity index (χ3v) is 3.17.